The molecule has 1 aliphatic carbocycles. The van der Waals surface area contributed by atoms with Crippen LogP contribution in [0.3, 0.4) is 0 Å². The van der Waals surface area contributed by atoms with Gasteiger partial charge in [-0.15, -0.1) is 0 Å². The van der Waals surface area contributed by atoms with E-state index in [-0.39, 0.29) is 0 Å². The highest BCUT2D eigenvalue weighted by Crippen LogP contribution is 2.44. The predicted octanol–water partition coefficient (Wildman–Crippen LogP) is 5.64. The summed E-state index contributed by atoms with van der Waals surface area (Å²) in [4.78, 5) is 0. The molecule has 0 bridgehead atoms. The van der Waals surface area contributed by atoms with Gasteiger partial charge in [-0.05, 0) is 55.4 Å². The van der Waals surface area contributed by atoms with Gasteiger partial charge in [-0.25, -0.2) is 0 Å². The molecule has 0 aliphatic heterocycles. The van der Waals surface area contributed by atoms with Crippen LogP contribution in [0.25, 0.3) is 0 Å². The molecule has 0 amide bonds. The zero-order valence-electron chi connectivity index (χ0n) is 15.0. The van der Waals surface area contributed by atoms with Gasteiger partial charge in [0.1, 0.15) is 0 Å². The van der Waals surface area contributed by atoms with E-state index in [4.69, 9.17) is 0 Å². The number of hydrogen-bond donors (Lipinski definition) is 1. The fourth-order valence-corrected chi connectivity index (χ4v) is 4.34. The van der Waals surface area contributed by atoms with Crippen LogP contribution >= 0.6 is 0 Å². The summed E-state index contributed by atoms with van der Waals surface area (Å²) in [6, 6.07) is 0.753. The summed E-state index contributed by atoms with van der Waals surface area (Å²) >= 11 is 0. The first kappa shape index (κ1) is 18.0. The van der Waals surface area contributed by atoms with Crippen LogP contribution in [0.15, 0.2) is 0 Å². The van der Waals surface area contributed by atoms with Gasteiger partial charge in [0, 0.05) is 6.04 Å². The van der Waals surface area contributed by atoms with Crippen LogP contribution in [-0.4, -0.2) is 12.6 Å². The van der Waals surface area contributed by atoms with E-state index in [0.29, 0.717) is 5.41 Å². The van der Waals surface area contributed by atoms with Crippen molar-refractivity contribution in [2.24, 2.45) is 23.2 Å². The summed E-state index contributed by atoms with van der Waals surface area (Å²) in [7, 11) is 0. The van der Waals surface area contributed by atoms with Gasteiger partial charge in [0.2, 0.25) is 0 Å². The smallest absolute Gasteiger partial charge is 0.0103 e. The largest absolute Gasteiger partial charge is 0.314 e. The molecule has 3 unspecified atom stereocenters. The topological polar surface area (TPSA) is 12.0 Å². The Labute approximate surface area is 128 Å². The fourth-order valence-electron chi connectivity index (χ4n) is 4.34. The number of rotatable bonds is 8. The molecule has 1 heteroatoms. The third kappa shape index (κ3) is 5.06. The third-order valence-electron chi connectivity index (χ3n) is 5.74. The second-order valence-electron chi connectivity index (χ2n) is 7.96. The van der Waals surface area contributed by atoms with Gasteiger partial charge < -0.3 is 5.32 Å². The lowest BCUT2D eigenvalue weighted by molar-refractivity contribution is 0.0704. The second kappa shape index (κ2) is 8.41. The fraction of sp³-hybridized carbons (Fsp3) is 1.00. The van der Waals surface area contributed by atoms with Gasteiger partial charge in [-0.1, -0.05) is 60.8 Å². The quantitative estimate of drug-likeness (QED) is 0.607. The molecule has 1 N–H and O–H groups in total. The standard InChI is InChI=1S/C19H39N/c1-7-12-20-18-13-15(4)10-11-17(18)19(5,6)14-16(8-2)9-3/h15-18,20H,7-14H2,1-6H3. The molecule has 3 atom stereocenters. The average molecular weight is 282 g/mol. The highest BCUT2D eigenvalue weighted by atomic mass is 14.9. The van der Waals surface area contributed by atoms with E-state index in [1.807, 2.05) is 0 Å². The lowest BCUT2D eigenvalue weighted by Crippen LogP contribution is -2.47. The first-order valence-electron chi connectivity index (χ1n) is 9.17. The summed E-state index contributed by atoms with van der Waals surface area (Å²) in [5.41, 5.74) is 0.488. The Hall–Kier alpha value is -0.0400. The van der Waals surface area contributed by atoms with Crippen LogP contribution in [-0.2, 0) is 0 Å². The zero-order valence-corrected chi connectivity index (χ0v) is 15.0. The summed E-state index contributed by atoms with van der Waals surface area (Å²) in [6.07, 6.45) is 9.59. The van der Waals surface area contributed by atoms with Crippen LogP contribution in [0.4, 0.5) is 0 Å². The van der Waals surface area contributed by atoms with Crippen molar-refractivity contribution in [2.75, 3.05) is 6.54 Å². The van der Waals surface area contributed by atoms with Crippen molar-refractivity contribution in [3.8, 4) is 0 Å². The maximum absolute atomic E-state index is 3.87. The molecular formula is C19H39N. The van der Waals surface area contributed by atoms with E-state index < -0.39 is 0 Å². The minimum atomic E-state index is 0.488. The summed E-state index contributed by atoms with van der Waals surface area (Å²) in [6.45, 7) is 15.7. The normalized spacial score (nSPS) is 28.1. The highest BCUT2D eigenvalue weighted by molar-refractivity contribution is 4.92. The molecule has 1 aliphatic rings. The first-order chi connectivity index (χ1) is 9.44. The predicted molar refractivity (Wildman–Crippen MR) is 91.1 cm³/mol. The van der Waals surface area contributed by atoms with Crippen LogP contribution in [0.5, 0.6) is 0 Å². The van der Waals surface area contributed by atoms with Gasteiger partial charge in [-0.3, -0.25) is 0 Å². The zero-order chi connectivity index (χ0) is 15.2. The average Bonchev–Trinajstić information content (AvgIpc) is 2.42. The molecule has 0 aromatic rings. The maximum atomic E-state index is 3.87. The van der Waals surface area contributed by atoms with Crippen LogP contribution in [0, 0.1) is 23.2 Å². The van der Waals surface area contributed by atoms with Gasteiger partial charge in [0.15, 0.2) is 0 Å². The lowest BCUT2D eigenvalue weighted by Gasteiger charge is -2.46. The van der Waals surface area contributed by atoms with E-state index in [9.17, 15) is 0 Å². The molecule has 1 rings (SSSR count). The second-order valence-corrected chi connectivity index (χ2v) is 7.96. The molecule has 1 nitrogen and oxygen atoms in total. The van der Waals surface area contributed by atoms with E-state index in [0.717, 1.165) is 23.8 Å². The van der Waals surface area contributed by atoms with Crippen LogP contribution in [0.1, 0.15) is 86.5 Å². The SMILES string of the molecule is CCCNC1CC(C)CCC1C(C)(C)CC(CC)CC. The van der Waals surface area contributed by atoms with Crippen molar-refractivity contribution < 1.29 is 0 Å². The molecule has 0 spiro atoms. The van der Waals surface area contributed by atoms with Crippen LogP contribution < -0.4 is 5.32 Å². The summed E-state index contributed by atoms with van der Waals surface area (Å²) in [5, 5.41) is 3.87. The molecule has 1 fully saturated rings. The van der Waals surface area contributed by atoms with Gasteiger partial charge >= 0.3 is 0 Å². The minimum absolute atomic E-state index is 0.488. The van der Waals surface area contributed by atoms with E-state index in [1.54, 1.807) is 0 Å². The molecule has 0 aromatic heterocycles. The van der Waals surface area contributed by atoms with Crippen molar-refractivity contribution in [3.63, 3.8) is 0 Å². The Morgan fingerprint density at radius 2 is 1.75 bits per heavy atom. The Balaban J connectivity index is 2.71. The van der Waals surface area contributed by atoms with Gasteiger partial charge in [0.25, 0.3) is 0 Å². The first-order valence-corrected chi connectivity index (χ1v) is 9.17. The molecule has 0 heterocycles. The molecule has 1 saturated carbocycles. The van der Waals surface area contributed by atoms with Crippen molar-refractivity contribution in [2.45, 2.75) is 92.5 Å². The Morgan fingerprint density at radius 3 is 2.30 bits per heavy atom. The highest BCUT2D eigenvalue weighted by Gasteiger charge is 2.39. The van der Waals surface area contributed by atoms with Crippen molar-refractivity contribution >= 4 is 0 Å². The number of hydrogen-bond acceptors (Lipinski definition) is 1. The van der Waals surface area contributed by atoms with Crippen molar-refractivity contribution in [1.82, 2.24) is 5.32 Å². The van der Waals surface area contributed by atoms with E-state index in [1.165, 1.54) is 51.5 Å². The Bertz CT molecular complexity index is 254. The molecular weight excluding hydrogens is 242 g/mol. The monoisotopic (exact) mass is 281 g/mol. The maximum Gasteiger partial charge on any atom is 0.0103 e. The third-order valence-corrected chi connectivity index (χ3v) is 5.74. The molecule has 0 saturated heterocycles. The Kier molecular flexibility index (Phi) is 7.58. The molecule has 120 valence electrons. The van der Waals surface area contributed by atoms with E-state index >= 15 is 0 Å². The van der Waals surface area contributed by atoms with Gasteiger partial charge in [0.05, 0.1) is 0 Å². The Morgan fingerprint density at radius 1 is 1.10 bits per heavy atom. The van der Waals surface area contributed by atoms with Gasteiger partial charge in [-0.2, -0.15) is 0 Å². The van der Waals surface area contributed by atoms with Crippen molar-refractivity contribution in [3.05, 3.63) is 0 Å². The molecule has 0 aromatic carbocycles. The number of nitrogens with one attached hydrogen (secondary N) is 1. The van der Waals surface area contributed by atoms with Crippen molar-refractivity contribution in [1.29, 1.82) is 0 Å². The van der Waals surface area contributed by atoms with E-state index in [2.05, 4.69) is 46.9 Å². The minimum Gasteiger partial charge on any atom is -0.314 e. The summed E-state index contributed by atoms with van der Waals surface area (Å²) < 4.78 is 0. The summed E-state index contributed by atoms with van der Waals surface area (Å²) in [5.74, 6) is 2.69. The molecule has 20 heavy (non-hydrogen) atoms. The lowest BCUT2D eigenvalue weighted by atomic mass is 9.63. The molecule has 0 radical (unpaired) electrons. The van der Waals surface area contributed by atoms with Crippen LogP contribution in [0.2, 0.25) is 0 Å².